The summed E-state index contributed by atoms with van der Waals surface area (Å²) in [5.41, 5.74) is -1.85. The van der Waals surface area contributed by atoms with Crippen molar-refractivity contribution in [3.63, 3.8) is 0 Å². The lowest BCUT2D eigenvalue weighted by Gasteiger charge is -2.08. The first kappa shape index (κ1) is 12.4. The van der Waals surface area contributed by atoms with Crippen molar-refractivity contribution >= 4 is 5.97 Å². The van der Waals surface area contributed by atoms with Gasteiger partial charge >= 0.3 is 12.1 Å². The summed E-state index contributed by atoms with van der Waals surface area (Å²) in [6, 6.07) is 4.06. The van der Waals surface area contributed by atoms with E-state index < -0.39 is 23.3 Å². The third-order valence-corrected chi connectivity index (χ3v) is 1.46. The molecule has 4 N–H and O–H groups in total. The Hall–Kier alpha value is -1.56. The molecule has 0 saturated carbocycles. The van der Waals surface area contributed by atoms with Crippen LogP contribution in [0, 0.1) is 0 Å². The van der Waals surface area contributed by atoms with Gasteiger partial charge in [0.2, 0.25) is 0 Å². The average molecular weight is 207 g/mol. The zero-order valence-electron chi connectivity index (χ0n) is 7.01. The topological polar surface area (TPSA) is 72.3 Å². The van der Waals surface area contributed by atoms with E-state index in [9.17, 15) is 18.0 Å². The van der Waals surface area contributed by atoms with Gasteiger partial charge in [0.05, 0.1) is 11.1 Å². The molecule has 0 atom stereocenters. The Morgan fingerprint density at radius 1 is 1.21 bits per heavy atom. The van der Waals surface area contributed by atoms with Gasteiger partial charge in [-0.25, -0.2) is 4.79 Å². The Morgan fingerprint density at radius 3 is 2.07 bits per heavy atom. The highest BCUT2D eigenvalue weighted by molar-refractivity contribution is 5.89. The smallest absolute Gasteiger partial charge is 0.417 e. The molecule has 1 aromatic rings. The lowest BCUT2D eigenvalue weighted by Crippen LogP contribution is -2.12. The molecular formula is C8H8F3NO2. The Morgan fingerprint density at radius 2 is 1.71 bits per heavy atom. The zero-order chi connectivity index (χ0) is 10.1. The lowest BCUT2D eigenvalue weighted by molar-refractivity contribution is -0.138. The monoisotopic (exact) mass is 207 g/mol. The molecule has 0 aliphatic rings. The summed E-state index contributed by atoms with van der Waals surface area (Å²) in [5, 5.41) is 8.43. The summed E-state index contributed by atoms with van der Waals surface area (Å²) in [4.78, 5) is 10.4. The van der Waals surface area contributed by atoms with E-state index in [1.54, 1.807) is 0 Å². The van der Waals surface area contributed by atoms with E-state index in [1.165, 1.54) is 6.07 Å². The number of hydrogen-bond donors (Lipinski definition) is 2. The second kappa shape index (κ2) is 4.10. The van der Waals surface area contributed by atoms with Crippen LogP contribution in [0.3, 0.4) is 0 Å². The van der Waals surface area contributed by atoms with Crippen LogP contribution < -0.4 is 6.15 Å². The fraction of sp³-hybridized carbons (Fsp3) is 0.125. The number of carboxylic acids is 1. The summed E-state index contributed by atoms with van der Waals surface area (Å²) >= 11 is 0. The largest absolute Gasteiger partial charge is 0.478 e. The molecule has 0 aliphatic heterocycles. The maximum atomic E-state index is 12.1. The van der Waals surface area contributed by atoms with Gasteiger partial charge in [0, 0.05) is 0 Å². The van der Waals surface area contributed by atoms with Crippen molar-refractivity contribution in [2.24, 2.45) is 0 Å². The van der Waals surface area contributed by atoms with Gasteiger partial charge in [-0.3, -0.25) is 0 Å². The van der Waals surface area contributed by atoms with Gasteiger partial charge in [-0.05, 0) is 12.1 Å². The molecule has 0 saturated heterocycles. The van der Waals surface area contributed by atoms with Crippen molar-refractivity contribution < 1.29 is 23.1 Å². The molecule has 0 aliphatic carbocycles. The van der Waals surface area contributed by atoms with Gasteiger partial charge in [-0.2, -0.15) is 13.2 Å². The quantitative estimate of drug-likeness (QED) is 0.743. The van der Waals surface area contributed by atoms with Gasteiger partial charge < -0.3 is 11.3 Å². The van der Waals surface area contributed by atoms with Gasteiger partial charge in [-0.15, -0.1) is 0 Å². The molecule has 14 heavy (non-hydrogen) atoms. The average Bonchev–Trinajstić information content (AvgIpc) is 2.03. The fourth-order valence-electron chi connectivity index (χ4n) is 0.917. The number of halogens is 3. The number of rotatable bonds is 1. The van der Waals surface area contributed by atoms with Gasteiger partial charge in [0.1, 0.15) is 0 Å². The van der Waals surface area contributed by atoms with Crippen LogP contribution in [0.5, 0.6) is 0 Å². The molecule has 0 bridgehead atoms. The van der Waals surface area contributed by atoms with Crippen molar-refractivity contribution in [2.45, 2.75) is 6.18 Å². The minimum absolute atomic E-state index is 0. The van der Waals surface area contributed by atoms with Gasteiger partial charge in [0.25, 0.3) is 0 Å². The van der Waals surface area contributed by atoms with Crippen LogP contribution in [0.4, 0.5) is 13.2 Å². The number of benzene rings is 1. The first-order chi connectivity index (χ1) is 5.93. The van der Waals surface area contributed by atoms with E-state index in [2.05, 4.69) is 0 Å². The van der Waals surface area contributed by atoms with Crippen molar-refractivity contribution in [2.75, 3.05) is 0 Å². The minimum atomic E-state index is -4.62. The maximum Gasteiger partial charge on any atom is 0.417 e. The van der Waals surface area contributed by atoms with E-state index >= 15 is 0 Å². The molecule has 78 valence electrons. The number of hydrogen-bond acceptors (Lipinski definition) is 2. The predicted octanol–water partition coefficient (Wildman–Crippen LogP) is 2.57. The standard InChI is InChI=1S/C8H5F3O2.H3N/c9-8(10,11)6-4-2-1-3-5(6)7(12)13;/h1-4H,(H,12,13);1H3. The number of carbonyl (C=O) groups is 1. The van der Waals surface area contributed by atoms with E-state index in [-0.39, 0.29) is 6.15 Å². The number of aromatic carboxylic acids is 1. The fourth-order valence-corrected chi connectivity index (χ4v) is 0.917. The number of carboxylic acid groups (broad SMARTS) is 1. The van der Waals surface area contributed by atoms with E-state index in [0.717, 1.165) is 18.2 Å². The van der Waals surface area contributed by atoms with Gasteiger partial charge in [-0.1, -0.05) is 12.1 Å². The van der Waals surface area contributed by atoms with Crippen LogP contribution >= 0.6 is 0 Å². The summed E-state index contributed by atoms with van der Waals surface area (Å²) in [6.07, 6.45) is -4.62. The third kappa shape index (κ3) is 2.46. The molecule has 0 aromatic heterocycles. The Balaban J connectivity index is 0.00000169. The SMILES string of the molecule is N.O=C(O)c1ccccc1C(F)(F)F. The molecule has 1 rings (SSSR count). The Labute approximate surface area is 77.7 Å². The molecule has 0 amide bonds. The first-order valence-electron chi connectivity index (χ1n) is 3.32. The summed E-state index contributed by atoms with van der Waals surface area (Å²) < 4.78 is 36.4. The highest BCUT2D eigenvalue weighted by Crippen LogP contribution is 2.31. The third-order valence-electron chi connectivity index (χ3n) is 1.46. The molecule has 0 radical (unpaired) electrons. The molecule has 3 nitrogen and oxygen atoms in total. The van der Waals surface area contributed by atoms with E-state index in [4.69, 9.17) is 5.11 Å². The summed E-state index contributed by atoms with van der Waals surface area (Å²) in [7, 11) is 0. The lowest BCUT2D eigenvalue weighted by atomic mass is 10.1. The maximum absolute atomic E-state index is 12.1. The van der Waals surface area contributed by atoms with Crippen molar-refractivity contribution in [3.05, 3.63) is 35.4 Å². The molecule has 0 spiro atoms. The first-order valence-corrected chi connectivity index (χ1v) is 3.32. The zero-order valence-corrected chi connectivity index (χ0v) is 7.01. The molecular weight excluding hydrogens is 199 g/mol. The highest BCUT2D eigenvalue weighted by atomic mass is 19.4. The molecule has 0 heterocycles. The Bertz CT molecular complexity index is 336. The van der Waals surface area contributed by atoms with Gasteiger partial charge in [0.15, 0.2) is 0 Å². The van der Waals surface area contributed by atoms with E-state index in [1.807, 2.05) is 0 Å². The molecule has 6 heteroatoms. The number of alkyl halides is 3. The highest BCUT2D eigenvalue weighted by Gasteiger charge is 2.34. The minimum Gasteiger partial charge on any atom is -0.478 e. The molecule has 0 unspecified atom stereocenters. The normalized spacial score (nSPS) is 10.5. The van der Waals surface area contributed by atoms with E-state index in [0.29, 0.717) is 0 Å². The van der Waals surface area contributed by atoms with Crippen molar-refractivity contribution in [1.82, 2.24) is 6.15 Å². The summed E-state index contributed by atoms with van der Waals surface area (Å²) in [5.74, 6) is -1.58. The molecule has 0 fully saturated rings. The Kier molecular flexibility index (Phi) is 3.64. The van der Waals surface area contributed by atoms with Crippen LogP contribution in [0.1, 0.15) is 15.9 Å². The van der Waals surface area contributed by atoms with Crippen LogP contribution in [0.15, 0.2) is 24.3 Å². The van der Waals surface area contributed by atoms with Crippen LogP contribution in [-0.4, -0.2) is 11.1 Å². The van der Waals surface area contributed by atoms with Crippen LogP contribution in [0.25, 0.3) is 0 Å². The molecule has 1 aromatic carbocycles. The van der Waals surface area contributed by atoms with Crippen LogP contribution in [-0.2, 0) is 6.18 Å². The summed E-state index contributed by atoms with van der Waals surface area (Å²) in [6.45, 7) is 0. The van der Waals surface area contributed by atoms with Crippen molar-refractivity contribution in [3.8, 4) is 0 Å². The van der Waals surface area contributed by atoms with Crippen LogP contribution in [0.2, 0.25) is 0 Å². The predicted molar refractivity (Wildman–Crippen MR) is 43.4 cm³/mol. The second-order valence-electron chi connectivity index (χ2n) is 2.35. The van der Waals surface area contributed by atoms with Crippen molar-refractivity contribution in [1.29, 1.82) is 0 Å². The second-order valence-corrected chi connectivity index (χ2v) is 2.35.